The number of imidazole rings is 1. The van der Waals surface area contributed by atoms with E-state index < -0.39 is 11.6 Å². The third-order valence-electron chi connectivity index (χ3n) is 1.99. The molecule has 0 saturated heterocycles. The molecule has 0 amide bonds. The highest BCUT2D eigenvalue weighted by molar-refractivity contribution is 5.75. The largest absolute Gasteiger partial charge is 0.327 e. The van der Waals surface area contributed by atoms with Gasteiger partial charge in [0.1, 0.15) is 0 Å². The van der Waals surface area contributed by atoms with Crippen LogP contribution >= 0.6 is 0 Å². The number of aromatic nitrogens is 2. The number of rotatable bonds is 2. The van der Waals surface area contributed by atoms with Crippen molar-refractivity contribution < 1.29 is 8.78 Å². The minimum Gasteiger partial charge on any atom is -0.327 e. The Morgan fingerprint density at radius 1 is 1.36 bits per heavy atom. The van der Waals surface area contributed by atoms with E-state index in [0.29, 0.717) is 17.6 Å². The fraction of sp³-hybridized carbons (Fsp3) is 0.100. The van der Waals surface area contributed by atoms with Crippen LogP contribution in [0, 0.1) is 11.6 Å². The van der Waals surface area contributed by atoms with E-state index in [9.17, 15) is 8.78 Å². The molecule has 0 radical (unpaired) electrons. The summed E-state index contributed by atoms with van der Waals surface area (Å²) in [6, 6.07) is 2.23. The van der Waals surface area contributed by atoms with Gasteiger partial charge in [-0.2, -0.15) is 0 Å². The summed E-state index contributed by atoms with van der Waals surface area (Å²) in [5.74, 6) is -1.73. The van der Waals surface area contributed by atoms with Crippen LogP contribution in [0.15, 0.2) is 31.1 Å². The Balaban J connectivity index is 2.67. The first kappa shape index (κ1) is 8.87. The van der Waals surface area contributed by atoms with E-state index in [0.717, 1.165) is 12.1 Å². The van der Waals surface area contributed by atoms with Gasteiger partial charge in [0, 0.05) is 18.7 Å². The fourth-order valence-corrected chi connectivity index (χ4v) is 1.34. The van der Waals surface area contributed by atoms with Crippen molar-refractivity contribution in [1.29, 1.82) is 0 Å². The summed E-state index contributed by atoms with van der Waals surface area (Å²) < 4.78 is 27.4. The lowest BCUT2D eigenvalue weighted by Gasteiger charge is -1.99. The molecule has 0 aliphatic rings. The maximum absolute atomic E-state index is 12.9. The molecule has 0 fully saturated rings. The summed E-state index contributed by atoms with van der Waals surface area (Å²) in [5, 5.41) is 0. The van der Waals surface area contributed by atoms with Crippen LogP contribution in [-0.4, -0.2) is 9.55 Å². The van der Waals surface area contributed by atoms with E-state index in [4.69, 9.17) is 0 Å². The van der Waals surface area contributed by atoms with E-state index in [1.54, 1.807) is 10.6 Å². The maximum Gasteiger partial charge on any atom is 0.161 e. The van der Waals surface area contributed by atoms with Crippen LogP contribution in [0.3, 0.4) is 0 Å². The second-order valence-electron chi connectivity index (χ2n) is 2.94. The van der Waals surface area contributed by atoms with Crippen molar-refractivity contribution in [2.45, 2.75) is 6.54 Å². The van der Waals surface area contributed by atoms with Crippen LogP contribution in [0.1, 0.15) is 0 Å². The zero-order valence-corrected chi connectivity index (χ0v) is 7.37. The van der Waals surface area contributed by atoms with Crippen LogP contribution in [0.2, 0.25) is 0 Å². The molecule has 2 rings (SSSR count). The molecule has 0 aliphatic heterocycles. The predicted molar refractivity (Wildman–Crippen MR) is 49.8 cm³/mol. The van der Waals surface area contributed by atoms with Gasteiger partial charge in [-0.25, -0.2) is 13.8 Å². The summed E-state index contributed by atoms with van der Waals surface area (Å²) in [7, 11) is 0. The van der Waals surface area contributed by atoms with Gasteiger partial charge in [0.2, 0.25) is 0 Å². The van der Waals surface area contributed by atoms with Crippen LogP contribution in [0.5, 0.6) is 0 Å². The van der Waals surface area contributed by atoms with Crippen LogP contribution in [0.25, 0.3) is 11.0 Å². The van der Waals surface area contributed by atoms with Crippen molar-refractivity contribution in [3.8, 4) is 0 Å². The lowest BCUT2D eigenvalue weighted by molar-refractivity contribution is 0.510. The highest BCUT2D eigenvalue weighted by Crippen LogP contribution is 2.17. The lowest BCUT2D eigenvalue weighted by Crippen LogP contribution is -1.93. The smallest absolute Gasteiger partial charge is 0.161 e. The number of fused-ring (bicyclic) bond motifs is 1. The third kappa shape index (κ3) is 1.28. The van der Waals surface area contributed by atoms with Crippen LogP contribution in [-0.2, 0) is 6.54 Å². The molecule has 0 unspecified atom stereocenters. The van der Waals surface area contributed by atoms with Gasteiger partial charge in [-0.3, -0.25) is 0 Å². The van der Waals surface area contributed by atoms with Crippen molar-refractivity contribution in [2.24, 2.45) is 0 Å². The zero-order chi connectivity index (χ0) is 10.1. The Kier molecular flexibility index (Phi) is 2.04. The Morgan fingerprint density at radius 3 is 2.79 bits per heavy atom. The second kappa shape index (κ2) is 3.21. The second-order valence-corrected chi connectivity index (χ2v) is 2.94. The van der Waals surface area contributed by atoms with E-state index in [2.05, 4.69) is 11.6 Å². The standard InChI is InChI=1S/C10H8F2N2/c1-2-3-14-6-13-9-4-7(11)8(12)5-10(9)14/h2,4-6H,1,3H2. The third-order valence-corrected chi connectivity index (χ3v) is 1.99. The molecule has 1 aromatic heterocycles. The normalized spacial score (nSPS) is 10.7. The summed E-state index contributed by atoms with van der Waals surface area (Å²) in [6.07, 6.45) is 3.20. The van der Waals surface area contributed by atoms with Gasteiger partial charge in [-0.1, -0.05) is 6.08 Å². The van der Waals surface area contributed by atoms with Gasteiger partial charge < -0.3 is 4.57 Å². The molecule has 72 valence electrons. The first-order valence-corrected chi connectivity index (χ1v) is 4.13. The maximum atomic E-state index is 12.9. The monoisotopic (exact) mass is 194 g/mol. The van der Waals surface area contributed by atoms with Crippen LogP contribution in [0.4, 0.5) is 8.78 Å². The first-order valence-electron chi connectivity index (χ1n) is 4.13. The van der Waals surface area contributed by atoms with Crippen molar-refractivity contribution >= 4 is 11.0 Å². The lowest BCUT2D eigenvalue weighted by atomic mass is 10.3. The van der Waals surface area contributed by atoms with E-state index in [-0.39, 0.29) is 0 Å². The molecule has 0 saturated carbocycles. The molecule has 4 heteroatoms. The van der Waals surface area contributed by atoms with Crippen molar-refractivity contribution in [1.82, 2.24) is 9.55 Å². The molecule has 0 bridgehead atoms. The van der Waals surface area contributed by atoms with E-state index in [1.165, 1.54) is 6.33 Å². The summed E-state index contributed by atoms with van der Waals surface area (Å²) >= 11 is 0. The molecule has 14 heavy (non-hydrogen) atoms. The zero-order valence-electron chi connectivity index (χ0n) is 7.37. The molecule has 2 aromatic rings. The predicted octanol–water partition coefficient (Wildman–Crippen LogP) is 2.50. The average Bonchev–Trinajstić information content (AvgIpc) is 2.51. The topological polar surface area (TPSA) is 17.8 Å². The molecule has 2 nitrogen and oxygen atoms in total. The van der Waals surface area contributed by atoms with Gasteiger partial charge in [0.05, 0.1) is 17.4 Å². The first-order chi connectivity index (χ1) is 6.72. The molecule has 1 heterocycles. The molecule has 0 spiro atoms. The molecular weight excluding hydrogens is 186 g/mol. The molecular formula is C10H8F2N2. The van der Waals surface area contributed by atoms with Crippen molar-refractivity contribution in [3.05, 3.63) is 42.7 Å². The summed E-state index contributed by atoms with van der Waals surface area (Å²) in [5.41, 5.74) is 1.02. The number of allylic oxidation sites excluding steroid dienone is 1. The van der Waals surface area contributed by atoms with Gasteiger partial charge in [0.25, 0.3) is 0 Å². The highest BCUT2D eigenvalue weighted by Gasteiger charge is 2.07. The Morgan fingerprint density at radius 2 is 2.07 bits per heavy atom. The number of hydrogen-bond acceptors (Lipinski definition) is 1. The fourth-order valence-electron chi connectivity index (χ4n) is 1.34. The van der Waals surface area contributed by atoms with Crippen molar-refractivity contribution in [3.63, 3.8) is 0 Å². The van der Waals surface area contributed by atoms with Gasteiger partial charge in [0.15, 0.2) is 11.6 Å². The van der Waals surface area contributed by atoms with Crippen LogP contribution < -0.4 is 0 Å². The number of benzene rings is 1. The number of nitrogens with zero attached hydrogens (tertiary/aromatic N) is 2. The van der Waals surface area contributed by atoms with E-state index in [1.807, 2.05) is 0 Å². The Bertz CT molecular complexity index is 488. The van der Waals surface area contributed by atoms with Gasteiger partial charge in [-0.05, 0) is 0 Å². The number of hydrogen-bond donors (Lipinski definition) is 0. The highest BCUT2D eigenvalue weighted by atomic mass is 19.2. The quantitative estimate of drug-likeness (QED) is 0.671. The van der Waals surface area contributed by atoms with Crippen molar-refractivity contribution in [2.75, 3.05) is 0 Å². The number of halogens is 2. The molecule has 1 aromatic carbocycles. The molecule has 0 aliphatic carbocycles. The minimum absolute atomic E-state index is 0.450. The Hall–Kier alpha value is -1.71. The summed E-state index contributed by atoms with van der Waals surface area (Å²) in [6.45, 7) is 4.10. The minimum atomic E-state index is -0.874. The average molecular weight is 194 g/mol. The molecule has 0 atom stereocenters. The van der Waals surface area contributed by atoms with Gasteiger partial charge in [-0.15, -0.1) is 6.58 Å². The summed E-state index contributed by atoms with van der Waals surface area (Å²) in [4.78, 5) is 3.95. The van der Waals surface area contributed by atoms with E-state index >= 15 is 0 Å². The molecule has 0 N–H and O–H groups in total. The Labute approximate surface area is 79.5 Å². The SMILES string of the molecule is C=CCn1cnc2cc(F)c(F)cc21. The van der Waals surface area contributed by atoms with Gasteiger partial charge >= 0.3 is 0 Å².